The highest BCUT2D eigenvalue weighted by atomic mass is 16.4. The van der Waals surface area contributed by atoms with Gasteiger partial charge in [-0.15, -0.1) is 0 Å². The van der Waals surface area contributed by atoms with Gasteiger partial charge in [0, 0.05) is 0 Å². The van der Waals surface area contributed by atoms with Crippen LogP contribution in [0.1, 0.15) is 0 Å². The first-order chi connectivity index (χ1) is 5.30. The minimum Gasteiger partial charge on any atom is -0.478 e. The van der Waals surface area contributed by atoms with Crippen LogP contribution < -0.4 is 0 Å². The van der Waals surface area contributed by atoms with E-state index < -0.39 is 5.97 Å². The van der Waals surface area contributed by atoms with Crippen LogP contribution in [0.4, 0.5) is 0 Å². The number of hydrogen-bond acceptors (Lipinski definition) is 1. The van der Waals surface area contributed by atoms with Gasteiger partial charge in [0.25, 0.3) is 0 Å². The van der Waals surface area contributed by atoms with Gasteiger partial charge < -0.3 is 5.11 Å². The molecule has 0 aromatic carbocycles. The first-order valence-corrected chi connectivity index (χ1v) is 3.26. The summed E-state index contributed by atoms with van der Waals surface area (Å²) in [5.74, 6) is -0.902. The molecule has 2 heteroatoms. The highest BCUT2D eigenvalue weighted by molar-refractivity contribution is 5.90. The molecule has 0 spiro atoms. The van der Waals surface area contributed by atoms with E-state index in [2.05, 4.69) is 0 Å². The zero-order valence-electron chi connectivity index (χ0n) is 5.90. The Kier molecular flexibility index (Phi) is 2.44. The molecule has 0 unspecified atom stereocenters. The Morgan fingerprint density at radius 3 is 2.45 bits per heavy atom. The number of carbonyl (C=O) groups is 1. The van der Waals surface area contributed by atoms with Crippen molar-refractivity contribution in [2.75, 3.05) is 0 Å². The van der Waals surface area contributed by atoms with Crippen LogP contribution in [-0.4, -0.2) is 11.1 Å². The molecule has 0 saturated carbocycles. The Bertz CT molecular complexity index is 267. The molecule has 56 valence electrons. The summed E-state index contributed by atoms with van der Waals surface area (Å²) in [6.45, 7) is 0. The largest absolute Gasteiger partial charge is 0.478 e. The Labute approximate surface area is 64.9 Å². The SMILES string of the molecule is O=C(O)C1=CC=CC=CC=C1. The first-order valence-electron chi connectivity index (χ1n) is 3.26. The Hall–Kier alpha value is -1.57. The maximum Gasteiger partial charge on any atom is 0.335 e. The average molecular weight is 148 g/mol. The van der Waals surface area contributed by atoms with Gasteiger partial charge in [-0.1, -0.05) is 30.4 Å². The van der Waals surface area contributed by atoms with E-state index >= 15 is 0 Å². The van der Waals surface area contributed by atoms with Gasteiger partial charge in [0.1, 0.15) is 0 Å². The monoisotopic (exact) mass is 148 g/mol. The van der Waals surface area contributed by atoms with E-state index in [1.807, 2.05) is 6.08 Å². The summed E-state index contributed by atoms with van der Waals surface area (Å²) in [6, 6.07) is 0. The van der Waals surface area contributed by atoms with Crippen LogP contribution in [0.15, 0.2) is 48.1 Å². The summed E-state index contributed by atoms with van der Waals surface area (Å²) in [5.41, 5.74) is 0.297. The normalized spacial score (nSPS) is 15.5. The van der Waals surface area contributed by atoms with Crippen molar-refractivity contribution in [3.63, 3.8) is 0 Å². The smallest absolute Gasteiger partial charge is 0.335 e. The fraction of sp³-hybridized carbons (Fsp3) is 0. The van der Waals surface area contributed by atoms with E-state index in [4.69, 9.17) is 5.11 Å². The van der Waals surface area contributed by atoms with Crippen molar-refractivity contribution in [1.29, 1.82) is 0 Å². The van der Waals surface area contributed by atoms with E-state index in [1.165, 1.54) is 0 Å². The lowest BCUT2D eigenvalue weighted by Gasteiger charge is -1.91. The van der Waals surface area contributed by atoms with Crippen LogP contribution >= 0.6 is 0 Å². The fourth-order valence-corrected chi connectivity index (χ4v) is 0.709. The van der Waals surface area contributed by atoms with Crippen LogP contribution in [0, 0.1) is 0 Å². The Morgan fingerprint density at radius 1 is 1.09 bits per heavy atom. The number of carboxylic acids is 1. The molecule has 1 N–H and O–H groups in total. The first kappa shape index (κ1) is 7.54. The van der Waals surface area contributed by atoms with Gasteiger partial charge >= 0.3 is 5.97 Å². The Morgan fingerprint density at radius 2 is 1.73 bits per heavy atom. The van der Waals surface area contributed by atoms with E-state index in [0.717, 1.165) is 0 Å². The summed E-state index contributed by atoms with van der Waals surface area (Å²) in [5, 5.41) is 8.58. The quantitative estimate of drug-likeness (QED) is 0.614. The number of carboxylic acid groups (broad SMARTS) is 1. The zero-order valence-corrected chi connectivity index (χ0v) is 5.90. The van der Waals surface area contributed by atoms with Crippen molar-refractivity contribution in [2.45, 2.75) is 0 Å². The fourth-order valence-electron chi connectivity index (χ4n) is 0.709. The number of aliphatic carboxylic acids is 1. The summed E-state index contributed by atoms with van der Waals surface area (Å²) in [6.07, 6.45) is 11.9. The zero-order chi connectivity index (χ0) is 8.10. The average Bonchev–Trinajstić information content (AvgIpc) is 1.84. The van der Waals surface area contributed by atoms with Crippen LogP contribution in [-0.2, 0) is 4.79 Å². The molecule has 0 saturated heterocycles. The van der Waals surface area contributed by atoms with Gasteiger partial charge in [-0.25, -0.2) is 4.79 Å². The topological polar surface area (TPSA) is 37.3 Å². The lowest BCUT2D eigenvalue weighted by atomic mass is 10.2. The maximum atomic E-state index is 10.4. The van der Waals surface area contributed by atoms with Crippen molar-refractivity contribution < 1.29 is 9.90 Å². The lowest BCUT2D eigenvalue weighted by molar-refractivity contribution is -0.132. The van der Waals surface area contributed by atoms with Crippen LogP contribution in [0.5, 0.6) is 0 Å². The molecule has 1 rings (SSSR count). The van der Waals surface area contributed by atoms with E-state index in [-0.39, 0.29) is 0 Å². The van der Waals surface area contributed by atoms with Crippen molar-refractivity contribution in [3.05, 3.63) is 48.1 Å². The molecule has 1 aliphatic carbocycles. The maximum absolute atomic E-state index is 10.4. The molecule has 0 amide bonds. The highest BCUT2D eigenvalue weighted by Crippen LogP contribution is 2.00. The van der Waals surface area contributed by atoms with Crippen LogP contribution in [0.25, 0.3) is 0 Å². The third-order valence-electron chi connectivity index (χ3n) is 1.24. The van der Waals surface area contributed by atoms with Gasteiger partial charge in [-0.2, -0.15) is 0 Å². The molecule has 0 heterocycles. The second-order valence-electron chi connectivity index (χ2n) is 2.06. The highest BCUT2D eigenvalue weighted by Gasteiger charge is 1.99. The summed E-state index contributed by atoms with van der Waals surface area (Å²) in [4.78, 5) is 10.4. The van der Waals surface area contributed by atoms with Crippen LogP contribution in [0.2, 0.25) is 0 Å². The third kappa shape index (κ3) is 2.26. The molecule has 1 aliphatic rings. The molecule has 0 aromatic heterocycles. The molecule has 11 heavy (non-hydrogen) atoms. The predicted octanol–water partition coefficient (Wildman–Crippen LogP) is 1.68. The van der Waals surface area contributed by atoms with Crippen molar-refractivity contribution in [3.8, 4) is 0 Å². The van der Waals surface area contributed by atoms with Gasteiger partial charge in [-0.3, -0.25) is 0 Å². The summed E-state index contributed by atoms with van der Waals surface area (Å²) in [7, 11) is 0. The van der Waals surface area contributed by atoms with E-state index in [0.29, 0.717) is 5.57 Å². The molecule has 2 nitrogen and oxygen atoms in total. The van der Waals surface area contributed by atoms with Gasteiger partial charge in [0.05, 0.1) is 5.57 Å². The summed E-state index contributed by atoms with van der Waals surface area (Å²) >= 11 is 0. The van der Waals surface area contributed by atoms with E-state index in [9.17, 15) is 4.79 Å². The second-order valence-corrected chi connectivity index (χ2v) is 2.06. The standard InChI is InChI=1S/C9H8O2/c10-9(11)8-6-4-2-1-3-5-7-8/h1-7H,(H,10,11). The lowest BCUT2D eigenvalue weighted by Crippen LogP contribution is -1.96. The molecular weight excluding hydrogens is 140 g/mol. The predicted molar refractivity (Wildman–Crippen MR) is 43.1 cm³/mol. The minimum atomic E-state index is -0.902. The second kappa shape index (κ2) is 3.56. The van der Waals surface area contributed by atoms with Gasteiger partial charge in [-0.05, 0) is 12.2 Å². The third-order valence-corrected chi connectivity index (χ3v) is 1.24. The Balaban J connectivity index is 2.87. The molecular formula is C9H8O2. The molecule has 0 aromatic rings. The number of hydrogen-bond donors (Lipinski definition) is 1. The van der Waals surface area contributed by atoms with E-state index in [1.54, 1.807) is 36.5 Å². The van der Waals surface area contributed by atoms with Gasteiger partial charge in [0.15, 0.2) is 0 Å². The summed E-state index contributed by atoms with van der Waals surface area (Å²) < 4.78 is 0. The number of allylic oxidation sites excluding steroid dienone is 6. The van der Waals surface area contributed by atoms with Gasteiger partial charge in [0.2, 0.25) is 0 Å². The molecule has 0 bridgehead atoms. The molecule has 0 aliphatic heterocycles. The molecule has 0 atom stereocenters. The van der Waals surface area contributed by atoms with Crippen LogP contribution in [0.3, 0.4) is 0 Å². The van der Waals surface area contributed by atoms with Crippen molar-refractivity contribution in [2.24, 2.45) is 0 Å². The van der Waals surface area contributed by atoms with Crippen molar-refractivity contribution >= 4 is 5.97 Å². The minimum absolute atomic E-state index is 0.297. The van der Waals surface area contributed by atoms with Crippen molar-refractivity contribution in [1.82, 2.24) is 0 Å². The molecule has 0 fully saturated rings. The number of rotatable bonds is 1. The molecule has 0 radical (unpaired) electrons.